The van der Waals surface area contributed by atoms with Crippen LogP contribution in [0.5, 0.6) is 0 Å². The van der Waals surface area contributed by atoms with Gasteiger partial charge in [-0.15, -0.1) is 0 Å². The molecule has 0 spiro atoms. The van der Waals surface area contributed by atoms with E-state index in [1.807, 2.05) is 0 Å². The lowest BCUT2D eigenvalue weighted by atomic mass is 10.1. The summed E-state index contributed by atoms with van der Waals surface area (Å²) in [5.74, 6) is 0.403. The Kier molecular flexibility index (Phi) is 6.91. The minimum Gasteiger partial charge on any atom is -0.387 e. The lowest BCUT2D eigenvalue weighted by Crippen LogP contribution is -2.23. The van der Waals surface area contributed by atoms with Gasteiger partial charge in [0.1, 0.15) is 5.82 Å². The molecule has 18 heavy (non-hydrogen) atoms. The normalized spacial score (nSPS) is 12.9. The van der Waals surface area contributed by atoms with Gasteiger partial charge in [0.05, 0.1) is 6.10 Å². The van der Waals surface area contributed by atoms with Crippen molar-refractivity contribution >= 4 is 0 Å². The molecular formula is C15H24FNO. The van der Waals surface area contributed by atoms with Crippen LogP contribution in [0.1, 0.15) is 44.8 Å². The van der Waals surface area contributed by atoms with Crippen molar-refractivity contribution in [3.63, 3.8) is 0 Å². The zero-order valence-corrected chi connectivity index (χ0v) is 11.3. The molecule has 1 atom stereocenters. The predicted molar refractivity (Wildman–Crippen MR) is 72.9 cm³/mol. The fourth-order valence-electron chi connectivity index (χ4n) is 1.90. The zero-order chi connectivity index (χ0) is 13.4. The van der Waals surface area contributed by atoms with Crippen molar-refractivity contribution in [1.82, 2.24) is 5.32 Å². The summed E-state index contributed by atoms with van der Waals surface area (Å²) in [5.41, 5.74) is 0.368. The van der Waals surface area contributed by atoms with Gasteiger partial charge in [-0.2, -0.15) is 0 Å². The highest BCUT2D eigenvalue weighted by Gasteiger charge is 2.10. The van der Waals surface area contributed by atoms with Crippen molar-refractivity contribution in [2.75, 3.05) is 13.1 Å². The second-order valence-corrected chi connectivity index (χ2v) is 5.13. The molecule has 1 aromatic rings. The maximum Gasteiger partial charge on any atom is 0.129 e. The van der Waals surface area contributed by atoms with Crippen LogP contribution >= 0.6 is 0 Å². The average molecular weight is 253 g/mol. The first kappa shape index (κ1) is 15.1. The molecule has 0 aliphatic rings. The molecule has 0 saturated heterocycles. The molecule has 0 aliphatic carbocycles. The van der Waals surface area contributed by atoms with E-state index >= 15 is 0 Å². The van der Waals surface area contributed by atoms with Crippen LogP contribution in [0.3, 0.4) is 0 Å². The second-order valence-electron chi connectivity index (χ2n) is 5.13. The molecule has 0 saturated carbocycles. The maximum atomic E-state index is 13.4. The molecule has 102 valence electrons. The van der Waals surface area contributed by atoms with Crippen LogP contribution in [0.15, 0.2) is 24.3 Å². The van der Waals surface area contributed by atoms with Crippen LogP contribution in [0.2, 0.25) is 0 Å². The highest BCUT2D eigenvalue weighted by atomic mass is 19.1. The zero-order valence-electron chi connectivity index (χ0n) is 11.3. The highest BCUT2D eigenvalue weighted by molar-refractivity contribution is 5.19. The maximum absolute atomic E-state index is 13.4. The van der Waals surface area contributed by atoms with Crippen molar-refractivity contribution in [2.24, 2.45) is 5.92 Å². The largest absolute Gasteiger partial charge is 0.387 e. The number of unbranched alkanes of at least 4 members (excludes halogenated alkanes) is 1. The minimum atomic E-state index is -0.767. The van der Waals surface area contributed by atoms with Gasteiger partial charge in [0.25, 0.3) is 0 Å². The van der Waals surface area contributed by atoms with Crippen LogP contribution < -0.4 is 5.32 Å². The van der Waals surface area contributed by atoms with E-state index in [1.54, 1.807) is 18.2 Å². The van der Waals surface area contributed by atoms with Gasteiger partial charge >= 0.3 is 0 Å². The Hall–Kier alpha value is -0.930. The second kappa shape index (κ2) is 8.22. The Morgan fingerprint density at radius 1 is 1.22 bits per heavy atom. The number of aliphatic hydroxyl groups excluding tert-OH is 1. The summed E-state index contributed by atoms with van der Waals surface area (Å²) >= 11 is 0. The quantitative estimate of drug-likeness (QED) is 0.697. The first-order chi connectivity index (χ1) is 8.61. The Bertz CT molecular complexity index is 341. The lowest BCUT2D eigenvalue weighted by molar-refractivity contribution is 0.170. The first-order valence-corrected chi connectivity index (χ1v) is 6.74. The molecule has 0 amide bonds. The third kappa shape index (κ3) is 5.61. The van der Waals surface area contributed by atoms with E-state index < -0.39 is 6.10 Å². The van der Waals surface area contributed by atoms with Gasteiger partial charge in [-0.1, -0.05) is 44.9 Å². The van der Waals surface area contributed by atoms with E-state index in [0.29, 0.717) is 12.1 Å². The molecular weight excluding hydrogens is 229 g/mol. The number of rotatable bonds is 8. The monoisotopic (exact) mass is 253 g/mol. The fourth-order valence-corrected chi connectivity index (χ4v) is 1.90. The number of halogens is 1. The summed E-state index contributed by atoms with van der Waals surface area (Å²) in [4.78, 5) is 0. The van der Waals surface area contributed by atoms with Gasteiger partial charge in [-0.25, -0.2) is 4.39 Å². The van der Waals surface area contributed by atoms with Crippen molar-refractivity contribution in [3.05, 3.63) is 35.6 Å². The molecule has 0 fully saturated rings. The molecule has 0 heterocycles. The number of hydrogen-bond acceptors (Lipinski definition) is 2. The molecule has 0 bridgehead atoms. The topological polar surface area (TPSA) is 32.3 Å². The number of nitrogens with one attached hydrogen (secondary N) is 1. The standard InChI is InChI=1S/C15H24FNO/c1-12(2)7-5-6-10-17-11-15(18)13-8-3-4-9-14(13)16/h3-4,8-9,12,15,17-18H,5-7,10-11H2,1-2H3. The van der Waals surface area contributed by atoms with Crippen LogP contribution in [0.4, 0.5) is 4.39 Å². The van der Waals surface area contributed by atoms with Gasteiger partial charge < -0.3 is 10.4 Å². The molecule has 1 rings (SSSR count). The van der Waals surface area contributed by atoms with E-state index in [2.05, 4.69) is 19.2 Å². The van der Waals surface area contributed by atoms with Gasteiger partial charge in [-0.3, -0.25) is 0 Å². The van der Waals surface area contributed by atoms with Gasteiger partial charge in [0, 0.05) is 12.1 Å². The lowest BCUT2D eigenvalue weighted by Gasteiger charge is -2.13. The van der Waals surface area contributed by atoms with E-state index in [9.17, 15) is 9.50 Å². The summed E-state index contributed by atoms with van der Waals surface area (Å²) in [7, 11) is 0. The summed E-state index contributed by atoms with van der Waals surface area (Å²) in [5, 5.41) is 13.0. The molecule has 0 aliphatic heterocycles. The highest BCUT2D eigenvalue weighted by Crippen LogP contribution is 2.15. The summed E-state index contributed by atoms with van der Waals surface area (Å²) in [6.07, 6.45) is 2.76. The molecule has 0 aromatic heterocycles. The molecule has 2 nitrogen and oxygen atoms in total. The van der Waals surface area contributed by atoms with Crippen molar-refractivity contribution < 1.29 is 9.50 Å². The average Bonchev–Trinajstić information content (AvgIpc) is 2.33. The number of hydrogen-bond donors (Lipinski definition) is 2. The SMILES string of the molecule is CC(C)CCCCNCC(O)c1ccccc1F. The van der Waals surface area contributed by atoms with Gasteiger partial charge in [0.15, 0.2) is 0 Å². The Morgan fingerprint density at radius 2 is 1.94 bits per heavy atom. The smallest absolute Gasteiger partial charge is 0.129 e. The molecule has 2 N–H and O–H groups in total. The van der Waals surface area contributed by atoms with E-state index in [-0.39, 0.29) is 5.82 Å². The Balaban J connectivity index is 2.18. The predicted octanol–water partition coefficient (Wildman–Crippen LogP) is 3.28. The minimum absolute atomic E-state index is 0.341. The Morgan fingerprint density at radius 3 is 2.61 bits per heavy atom. The number of aliphatic hydroxyl groups is 1. The Labute approximate surface area is 109 Å². The van der Waals surface area contributed by atoms with Crippen LogP contribution in [0, 0.1) is 11.7 Å². The van der Waals surface area contributed by atoms with Gasteiger partial charge in [-0.05, 0) is 24.9 Å². The van der Waals surface area contributed by atoms with Crippen molar-refractivity contribution in [3.8, 4) is 0 Å². The van der Waals surface area contributed by atoms with E-state index in [4.69, 9.17) is 0 Å². The van der Waals surface area contributed by atoms with Crippen molar-refractivity contribution in [1.29, 1.82) is 0 Å². The fraction of sp³-hybridized carbons (Fsp3) is 0.600. The third-order valence-corrected chi connectivity index (χ3v) is 2.99. The van der Waals surface area contributed by atoms with E-state index in [0.717, 1.165) is 18.9 Å². The molecule has 3 heteroatoms. The number of benzene rings is 1. The molecule has 1 unspecified atom stereocenters. The van der Waals surface area contributed by atoms with Crippen molar-refractivity contribution in [2.45, 2.75) is 39.2 Å². The first-order valence-electron chi connectivity index (χ1n) is 6.74. The summed E-state index contributed by atoms with van der Waals surface area (Å²) in [6, 6.07) is 6.37. The van der Waals surface area contributed by atoms with Crippen LogP contribution in [-0.4, -0.2) is 18.2 Å². The van der Waals surface area contributed by atoms with Crippen LogP contribution in [0.25, 0.3) is 0 Å². The molecule has 0 radical (unpaired) electrons. The third-order valence-electron chi connectivity index (χ3n) is 2.99. The summed E-state index contributed by atoms with van der Waals surface area (Å²) in [6.45, 7) is 5.71. The van der Waals surface area contributed by atoms with Crippen LogP contribution in [-0.2, 0) is 0 Å². The molecule has 1 aromatic carbocycles. The van der Waals surface area contributed by atoms with Gasteiger partial charge in [0.2, 0.25) is 0 Å². The van der Waals surface area contributed by atoms with E-state index in [1.165, 1.54) is 18.9 Å². The summed E-state index contributed by atoms with van der Waals surface area (Å²) < 4.78 is 13.4.